The fraction of sp³-hybridized carbons (Fsp3) is 0.647. The van der Waals surface area contributed by atoms with E-state index in [0.717, 1.165) is 29.2 Å². The molecule has 2 aliphatic heterocycles. The van der Waals surface area contributed by atoms with Gasteiger partial charge in [-0.2, -0.15) is 0 Å². The van der Waals surface area contributed by atoms with Crippen LogP contribution in [0.1, 0.15) is 89.5 Å². The number of hydrogen-bond acceptors (Lipinski definition) is 6. The molecule has 1 aromatic rings. The van der Waals surface area contributed by atoms with Crippen LogP contribution in [0.4, 0.5) is 11.4 Å². The van der Waals surface area contributed by atoms with Gasteiger partial charge in [-0.25, -0.2) is 0 Å². The second-order valence-electron chi connectivity index (χ2n) is 16.0. The normalized spacial score (nSPS) is 19.1. The second kappa shape index (κ2) is 9.55. The zero-order valence-corrected chi connectivity index (χ0v) is 27.1. The van der Waals surface area contributed by atoms with E-state index in [4.69, 9.17) is 0 Å². The summed E-state index contributed by atoms with van der Waals surface area (Å²) in [6.07, 6.45) is 9.34. The fourth-order valence-electron chi connectivity index (χ4n) is 7.65. The summed E-state index contributed by atoms with van der Waals surface area (Å²) in [6.45, 7) is 27.4. The molecule has 0 radical (unpaired) electrons. The number of aliphatic hydroxyl groups is 2. The number of para-hydroxylation sites is 2. The Balaban J connectivity index is 1.76. The lowest BCUT2D eigenvalue weighted by Crippen LogP contribution is -2.65. The molecular weight excluding hydrogens is 496 g/mol. The number of fused-ring (bicyclic) bond motifs is 1. The molecule has 1 aliphatic carbocycles. The molecule has 1 aromatic carbocycles. The second-order valence-corrected chi connectivity index (χ2v) is 16.0. The Hall–Kier alpha value is -2.44. The average molecular weight is 551 g/mol. The first kappa shape index (κ1) is 30.5. The highest BCUT2D eigenvalue weighted by Crippen LogP contribution is 2.53. The molecule has 6 heteroatoms. The van der Waals surface area contributed by atoms with Gasteiger partial charge in [0.05, 0.1) is 37.1 Å². The van der Waals surface area contributed by atoms with Crippen LogP contribution in [0.15, 0.2) is 60.0 Å². The van der Waals surface area contributed by atoms with Crippen molar-refractivity contribution in [1.82, 2.24) is 9.80 Å². The van der Waals surface area contributed by atoms with E-state index in [0.29, 0.717) is 20.0 Å². The van der Waals surface area contributed by atoms with Gasteiger partial charge in [-0.15, -0.1) is 0 Å². The minimum Gasteiger partial charge on any atom is -0.370 e. The summed E-state index contributed by atoms with van der Waals surface area (Å²) in [4.78, 5) is 9.21. The van der Waals surface area contributed by atoms with E-state index in [1.54, 1.807) is 0 Å². The molecular formula is C34H54N4O2. The Labute approximate surface area is 243 Å². The van der Waals surface area contributed by atoms with Gasteiger partial charge in [0.1, 0.15) is 11.4 Å². The maximum atomic E-state index is 12.5. The van der Waals surface area contributed by atoms with Crippen molar-refractivity contribution in [2.24, 2.45) is 21.7 Å². The van der Waals surface area contributed by atoms with E-state index in [1.807, 2.05) is 0 Å². The first-order valence-electron chi connectivity index (χ1n) is 14.8. The number of allylic oxidation sites excluding steroid dienone is 4. The Morgan fingerprint density at radius 3 is 1.62 bits per heavy atom. The first-order valence-corrected chi connectivity index (χ1v) is 14.8. The molecule has 2 N–H and O–H groups in total. The highest BCUT2D eigenvalue weighted by Gasteiger charge is 2.58. The molecule has 0 aromatic heterocycles. The zero-order valence-electron chi connectivity index (χ0n) is 27.1. The van der Waals surface area contributed by atoms with Gasteiger partial charge in [0, 0.05) is 33.8 Å². The van der Waals surface area contributed by atoms with Gasteiger partial charge in [0.15, 0.2) is 0 Å². The van der Waals surface area contributed by atoms with Gasteiger partial charge in [-0.05, 0) is 18.2 Å². The molecule has 40 heavy (non-hydrogen) atoms. The predicted octanol–water partition coefficient (Wildman–Crippen LogP) is 7.09. The van der Waals surface area contributed by atoms with Crippen molar-refractivity contribution in [2.75, 3.05) is 29.8 Å². The van der Waals surface area contributed by atoms with Gasteiger partial charge < -0.3 is 29.8 Å². The van der Waals surface area contributed by atoms with Gasteiger partial charge in [0.25, 0.3) is 0 Å². The number of rotatable bonds is 4. The molecule has 0 bridgehead atoms. The summed E-state index contributed by atoms with van der Waals surface area (Å²) >= 11 is 0. The lowest BCUT2D eigenvalue weighted by atomic mass is 9.67. The molecule has 222 valence electrons. The van der Waals surface area contributed by atoms with E-state index in [-0.39, 0.29) is 21.7 Å². The summed E-state index contributed by atoms with van der Waals surface area (Å²) < 4.78 is 0. The highest BCUT2D eigenvalue weighted by atomic mass is 16.3. The summed E-state index contributed by atoms with van der Waals surface area (Å²) in [6, 6.07) is 8.43. The Morgan fingerprint density at radius 2 is 1.10 bits per heavy atom. The van der Waals surface area contributed by atoms with Crippen LogP contribution >= 0.6 is 0 Å². The van der Waals surface area contributed by atoms with Crippen LogP contribution in [0.2, 0.25) is 0 Å². The van der Waals surface area contributed by atoms with Crippen molar-refractivity contribution in [1.29, 1.82) is 0 Å². The number of hydrogen-bond donors (Lipinski definition) is 2. The Bertz CT molecular complexity index is 1170. The van der Waals surface area contributed by atoms with E-state index < -0.39 is 11.4 Å². The van der Waals surface area contributed by atoms with Gasteiger partial charge >= 0.3 is 0 Å². The van der Waals surface area contributed by atoms with E-state index >= 15 is 0 Å². The molecule has 0 saturated heterocycles. The van der Waals surface area contributed by atoms with Crippen LogP contribution in [0.25, 0.3) is 0 Å². The van der Waals surface area contributed by atoms with Crippen LogP contribution in [0.5, 0.6) is 0 Å². The highest BCUT2D eigenvalue weighted by molar-refractivity contribution is 5.77. The summed E-state index contributed by atoms with van der Waals surface area (Å²) in [7, 11) is 0. The van der Waals surface area contributed by atoms with Crippen LogP contribution < -0.4 is 9.80 Å². The van der Waals surface area contributed by atoms with Gasteiger partial charge in [0.2, 0.25) is 0 Å². The molecule has 0 saturated carbocycles. The van der Waals surface area contributed by atoms with Crippen LogP contribution in [-0.2, 0) is 0 Å². The van der Waals surface area contributed by atoms with E-state index in [1.165, 1.54) is 0 Å². The molecule has 0 unspecified atom stereocenters. The molecule has 6 nitrogen and oxygen atoms in total. The van der Waals surface area contributed by atoms with Crippen molar-refractivity contribution in [2.45, 2.75) is 101 Å². The van der Waals surface area contributed by atoms with E-state index in [9.17, 15) is 10.2 Å². The van der Waals surface area contributed by atoms with Crippen molar-refractivity contribution in [3.8, 4) is 0 Å². The quantitative estimate of drug-likeness (QED) is 0.417. The van der Waals surface area contributed by atoms with Crippen molar-refractivity contribution >= 4 is 11.4 Å². The van der Waals surface area contributed by atoms with Crippen molar-refractivity contribution in [3.05, 3.63) is 60.0 Å². The lowest BCUT2D eigenvalue weighted by molar-refractivity contribution is -0.230. The number of anilines is 2. The molecule has 0 atom stereocenters. The van der Waals surface area contributed by atoms with Crippen LogP contribution in [0.3, 0.4) is 0 Å². The topological polar surface area (TPSA) is 53.4 Å². The fourth-order valence-corrected chi connectivity index (χ4v) is 7.65. The zero-order chi connectivity index (χ0) is 30.1. The molecule has 0 fully saturated rings. The summed E-state index contributed by atoms with van der Waals surface area (Å²) in [5.41, 5.74) is 0.772. The van der Waals surface area contributed by atoms with Crippen LogP contribution in [-0.4, -0.2) is 51.5 Å². The third-order valence-electron chi connectivity index (χ3n) is 9.22. The minimum atomic E-state index is -1.09. The van der Waals surface area contributed by atoms with Crippen LogP contribution in [0, 0.1) is 21.7 Å². The Kier molecular flexibility index (Phi) is 7.29. The third-order valence-corrected chi connectivity index (χ3v) is 9.22. The molecule has 0 amide bonds. The summed E-state index contributed by atoms with van der Waals surface area (Å²) in [5, 5.41) is 25.0. The molecule has 2 heterocycles. The lowest BCUT2D eigenvalue weighted by Gasteiger charge is -2.56. The maximum absolute atomic E-state index is 12.5. The largest absolute Gasteiger partial charge is 0.370 e. The molecule has 0 spiro atoms. The SMILES string of the molecule is CC(C)(C)C(O)(N1CN(CN2CN(C(O)(C(C)(C)C)C(C)(C)C)c3ccccc32)C2=C1CC=CC=C2)C(C)(C)C. The maximum Gasteiger partial charge on any atom is 0.149 e. The smallest absolute Gasteiger partial charge is 0.149 e. The standard InChI is InChI=1S/C34H54N4O2/c1-29(2,3)33(39,30(4,5)6)37-23-35(25-18-14-13-15-20-27(25)37)22-36-24-38(28-21-17-16-19-26(28)36)34(40,31(7,8)9)32(10,11)12/h13-19,21,39-40H,20,22-24H2,1-12H3. The monoisotopic (exact) mass is 550 g/mol. The van der Waals surface area contributed by atoms with Crippen molar-refractivity contribution in [3.63, 3.8) is 0 Å². The average Bonchev–Trinajstić information content (AvgIpc) is 3.23. The first-order chi connectivity index (χ1) is 18.2. The summed E-state index contributed by atoms with van der Waals surface area (Å²) in [5.74, 6) is 0. The molecule has 4 rings (SSSR count). The number of nitrogens with zero attached hydrogens (tertiary/aromatic N) is 4. The van der Waals surface area contributed by atoms with Crippen molar-refractivity contribution < 1.29 is 10.2 Å². The predicted molar refractivity (Wildman–Crippen MR) is 167 cm³/mol. The van der Waals surface area contributed by atoms with Gasteiger partial charge in [-0.3, -0.25) is 0 Å². The minimum absolute atomic E-state index is 0.383. The number of benzene rings is 1. The third kappa shape index (κ3) is 4.56. The Morgan fingerprint density at radius 1 is 0.625 bits per heavy atom. The van der Waals surface area contributed by atoms with Gasteiger partial charge in [-0.1, -0.05) is 113 Å². The van der Waals surface area contributed by atoms with E-state index in [2.05, 4.69) is 151 Å². The molecule has 3 aliphatic rings.